The second-order valence-corrected chi connectivity index (χ2v) is 10.9. The third-order valence-electron chi connectivity index (χ3n) is 9.27. The molecule has 8 heteroatoms. The van der Waals surface area contributed by atoms with Gasteiger partial charge in [-0.3, -0.25) is 9.59 Å². The van der Waals surface area contributed by atoms with Gasteiger partial charge in [0.25, 0.3) is 0 Å². The molecule has 2 aliphatic heterocycles. The first-order valence-corrected chi connectivity index (χ1v) is 12.1. The second kappa shape index (κ2) is 8.08. The van der Waals surface area contributed by atoms with Crippen molar-refractivity contribution in [3.05, 3.63) is 11.6 Å². The van der Waals surface area contributed by atoms with E-state index in [1.165, 1.54) is 6.08 Å². The Hall–Kier alpha value is -1.93. The third kappa shape index (κ3) is 3.52. The van der Waals surface area contributed by atoms with Crippen molar-refractivity contribution >= 4 is 17.9 Å². The molecule has 184 valence electrons. The number of aliphatic carboxylic acids is 1. The molecule has 0 aromatic carbocycles. The topological polar surface area (TPSA) is 123 Å². The molecular weight excluding hydrogens is 428 g/mol. The molecule has 33 heavy (non-hydrogen) atoms. The highest BCUT2D eigenvalue weighted by atomic mass is 16.6. The standard InChI is InChI=1S/C25H36O8/c1-5-15(2)20(27)33-18-12-23(4,30)22(3,10-8-16-11-19(26)31-13-16)17-7-6-9-24(14-32-24)25(17,18)21(28)29/h11,15,17-18,30H,5-10,12-14H2,1-4H3,(H,28,29)/t15?,17-,18+,22-,23+,24+,25+/m1/s1. The smallest absolute Gasteiger partial charge is 0.331 e. The van der Waals surface area contributed by atoms with Crippen molar-refractivity contribution in [2.24, 2.45) is 22.7 Å². The summed E-state index contributed by atoms with van der Waals surface area (Å²) >= 11 is 0. The SMILES string of the molecule is CCC(C)C(=O)O[C@H]1C[C@](C)(O)[C@](C)(CCC2=CC(=O)OC2)[C@H]2CCC[C@]3(CO3)[C@]12C(=O)O. The molecule has 2 aliphatic carbocycles. The number of rotatable bonds is 7. The molecule has 3 fully saturated rings. The highest BCUT2D eigenvalue weighted by Gasteiger charge is 2.80. The average molecular weight is 465 g/mol. The zero-order valence-electron chi connectivity index (χ0n) is 20.0. The lowest BCUT2D eigenvalue weighted by Gasteiger charge is -2.64. The van der Waals surface area contributed by atoms with Crippen LogP contribution in [0.5, 0.6) is 0 Å². The van der Waals surface area contributed by atoms with Crippen LogP contribution in [0.2, 0.25) is 0 Å². The molecular formula is C25H36O8. The molecule has 8 nitrogen and oxygen atoms in total. The van der Waals surface area contributed by atoms with E-state index in [9.17, 15) is 24.6 Å². The lowest BCUT2D eigenvalue weighted by atomic mass is 9.41. The van der Waals surface area contributed by atoms with Crippen molar-refractivity contribution in [1.82, 2.24) is 0 Å². The lowest BCUT2D eigenvalue weighted by Crippen LogP contribution is -2.72. The summed E-state index contributed by atoms with van der Waals surface area (Å²) in [6.07, 6.45) is 4.09. The first-order chi connectivity index (χ1) is 15.4. The number of hydrogen-bond donors (Lipinski definition) is 2. The number of ether oxygens (including phenoxy) is 3. The fourth-order valence-corrected chi connectivity index (χ4v) is 6.74. The largest absolute Gasteiger partial charge is 0.481 e. The summed E-state index contributed by atoms with van der Waals surface area (Å²) in [6, 6.07) is 0. The number of carbonyl (C=O) groups excluding carboxylic acids is 2. The van der Waals surface area contributed by atoms with Gasteiger partial charge < -0.3 is 24.4 Å². The van der Waals surface area contributed by atoms with Crippen molar-refractivity contribution in [1.29, 1.82) is 0 Å². The van der Waals surface area contributed by atoms with Crippen molar-refractivity contribution in [2.45, 2.75) is 89.9 Å². The normalized spacial score (nSPS) is 42.8. The van der Waals surface area contributed by atoms with Crippen LogP contribution in [-0.2, 0) is 28.6 Å². The van der Waals surface area contributed by atoms with E-state index in [2.05, 4.69) is 0 Å². The molecule has 0 amide bonds. The van der Waals surface area contributed by atoms with E-state index in [4.69, 9.17) is 14.2 Å². The second-order valence-electron chi connectivity index (χ2n) is 10.9. The molecule has 0 radical (unpaired) electrons. The van der Waals surface area contributed by atoms with Gasteiger partial charge in [-0.2, -0.15) is 0 Å². The molecule has 0 bridgehead atoms. The molecule has 1 saturated heterocycles. The summed E-state index contributed by atoms with van der Waals surface area (Å²) in [6.45, 7) is 7.87. The summed E-state index contributed by atoms with van der Waals surface area (Å²) in [5.41, 5.74) is -3.55. The van der Waals surface area contributed by atoms with Gasteiger partial charge in [0.1, 0.15) is 23.7 Å². The van der Waals surface area contributed by atoms with E-state index in [1.54, 1.807) is 13.8 Å². The van der Waals surface area contributed by atoms with Crippen LogP contribution in [-0.4, -0.2) is 58.6 Å². The van der Waals surface area contributed by atoms with Gasteiger partial charge in [0.15, 0.2) is 0 Å². The number of carbonyl (C=O) groups is 3. The van der Waals surface area contributed by atoms with E-state index in [1.807, 2.05) is 13.8 Å². The molecule has 4 aliphatic rings. The number of carboxylic acid groups (broad SMARTS) is 1. The first-order valence-electron chi connectivity index (χ1n) is 12.1. The molecule has 0 aromatic rings. The number of cyclic esters (lactones) is 1. The highest BCUT2D eigenvalue weighted by Crippen LogP contribution is 2.70. The van der Waals surface area contributed by atoms with E-state index in [0.717, 1.165) is 12.0 Å². The minimum atomic E-state index is -1.43. The van der Waals surface area contributed by atoms with Crippen molar-refractivity contribution in [3.8, 4) is 0 Å². The maximum atomic E-state index is 13.2. The molecule has 1 unspecified atom stereocenters. The number of epoxide rings is 1. The molecule has 2 saturated carbocycles. The van der Waals surface area contributed by atoms with Crippen LogP contribution in [0.25, 0.3) is 0 Å². The van der Waals surface area contributed by atoms with Gasteiger partial charge >= 0.3 is 17.9 Å². The van der Waals surface area contributed by atoms with E-state index in [0.29, 0.717) is 38.7 Å². The lowest BCUT2D eigenvalue weighted by molar-refractivity contribution is -0.258. The number of esters is 2. The monoisotopic (exact) mass is 464 g/mol. The highest BCUT2D eigenvalue weighted by molar-refractivity contribution is 5.85. The van der Waals surface area contributed by atoms with E-state index in [-0.39, 0.29) is 24.9 Å². The zero-order valence-corrected chi connectivity index (χ0v) is 20.0. The van der Waals surface area contributed by atoms with Gasteiger partial charge in [0.2, 0.25) is 0 Å². The van der Waals surface area contributed by atoms with E-state index >= 15 is 0 Å². The first kappa shape index (κ1) is 24.2. The van der Waals surface area contributed by atoms with E-state index < -0.39 is 46.0 Å². The van der Waals surface area contributed by atoms with Crippen molar-refractivity contribution < 1.29 is 38.8 Å². The average Bonchev–Trinajstić information content (AvgIpc) is 3.40. The zero-order chi connectivity index (χ0) is 24.2. The summed E-state index contributed by atoms with van der Waals surface area (Å²) in [5.74, 6) is -2.65. The molecule has 4 rings (SSSR count). The van der Waals surface area contributed by atoms with Crippen LogP contribution in [0.1, 0.15) is 72.6 Å². The predicted molar refractivity (Wildman–Crippen MR) is 117 cm³/mol. The molecule has 7 atom stereocenters. The Morgan fingerprint density at radius 1 is 1.33 bits per heavy atom. The minimum absolute atomic E-state index is 0.0219. The predicted octanol–water partition coefficient (Wildman–Crippen LogP) is 3.01. The summed E-state index contributed by atoms with van der Waals surface area (Å²) in [7, 11) is 0. The fourth-order valence-electron chi connectivity index (χ4n) is 6.74. The Bertz CT molecular complexity index is 872. The van der Waals surface area contributed by atoms with Crippen molar-refractivity contribution in [2.75, 3.05) is 13.2 Å². The van der Waals surface area contributed by atoms with Crippen LogP contribution in [0.3, 0.4) is 0 Å². The molecule has 1 spiro atoms. The van der Waals surface area contributed by atoms with Crippen LogP contribution in [0.15, 0.2) is 11.6 Å². The van der Waals surface area contributed by atoms with Crippen LogP contribution in [0, 0.1) is 22.7 Å². The van der Waals surface area contributed by atoms with Crippen LogP contribution >= 0.6 is 0 Å². The van der Waals surface area contributed by atoms with Gasteiger partial charge in [0.05, 0.1) is 18.1 Å². The molecule has 2 heterocycles. The number of aliphatic hydroxyl groups is 1. The van der Waals surface area contributed by atoms with Gasteiger partial charge in [-0.25, -0.2) is 4.79 Å². The summed E-state index contributed by atoms with van der Waals surface area (Å²) < 4.78 is 16.9. The number of hydrogen-bond acceptors (Lipinski definition) is 7. The Balaban J connectivity index is 1.76. The Morgan fingerprint density at radius 3 is 2.58 bits per heavy atom. The number of carboxylic acids is 1. The Labute approximate surface area is 194 Å². The van der Waals surface area contributed by atoms with Crippen molar-refractivity contribution in [3.63, 3.8) is 0 Å². The fraction of sp³-hybridized carbons (Fsp3) is 0.800. The van der Waals surface area contributed by atoms with Crippen LogP contribution < -0.4 is 0 Å². The number of fused-ring (bicyclic) bond motifs is 2. The van der Waals surface area contributed by atoms with Gasteiger partial charge in [-0.05, 0) is 50.5 Å². The quantitative estimate of drug-likeness (QED) is 0.435. The third-order valence-corrected chi connectivity index (χ3v) is 9.27. The summed E-state index contributed by atoms with van der Waals surface area (Å²) in [5, 5.41) is 22.5. The van der Waals surface area contributed by atoms with Crippen LogP contribution in [0.4, 0.5) is 0 Å². The van der Waals surface area contributed by atoms with Gasteiger partial charge in [-0.15, -0.1) is 0 Å². The maximum Gasteiger partial charge on any atom is 0.331 e. The Morgan fingerprint density at radius 2 is 2.03 bits per heavy atom. The summed E-state index contributed by atoms with van der Waals surface area (Å²) in [4.78, 5) is 37.5. The van der Waals surface area contributed by atoms with Gasteiger partial charge in [-0.1, -0.05) is 27.2 Å². The van der Waals surface area contributed by atoms with Gasteiger partial charge in [0, 0.05) is 17.9 Å². The minimum Gasteiger partial charge on any atom is -0.481 e. The maximum absolute atomic E-state index is 13.2. The molecule has 2 N–H and O–H groups in total. The molecule has 0 aromatic heterocycles. The Kier molecular flexibility index (Phi) is 5.93.